The van der Waals surface area contributed by atoms with Gasteiger partial charge in [-0.25, -0.2) is 9.69 Å². The van der Waals surface area contributed by atoms with Crippen LogP contribution in [0.2, 0.25) is 0 Å². The Balaban J connectivity index is 1.31. The second-order valence-corrected chi connectivity index (χ2v) is 9.24. The molecule has 0 spiro atoms. The summed E-state index contributed by atoms with van der Waals surface area (Å²) >= 11 is 0. The first-order chi connectivity index (χ1) is 17.6. The number of benzene rings is 3. The molecule has 0 bridgehead atoms. The molecule has 3 aromatic rings. The molecule has 2 aliphatic rings. The summed E-state index contributed by atoms with van der Waals surface area (Å²) in [7, 11) is 0. The second kappa shape index (κ2) is 10.4. The Bertz CT molecular complexity index is 1200. The third-order valence-corrected chi connectivity index (χ3v) is 6.97. The van der Waals surface area contributed by atoms with Gasteiger partial charge in [-0.05, 0) is 30.2 Å². The maximum atomic E-state index is 13.9. The van der Waals surface area contributed by atoms with Gasteiger partial charge in [0.15, 0.2) is 5.54 Å². The standard InChI is InChI=1S/C29H32N4O3/c1-2-36-26-16-10-9-15-25(26)32-19-17-31(18-20-32)22-33-27(34)29(30-28(33)35,24-13-7-4-8-14-24)21-23-11-5-3-6-12-23/h3-16H,2,17-22H2,1H3,(H,30,35)/t29-/m1/s1. The van der Waals surface area contributed by atoms with E-state index in [1.165, 1.54) is 4.90 Å². The molecule has 2 fully saturated rings. The van der Waals surface area contributed by atoms with E-state index in [-0.39, 0.29) is 18.6 Å². The van der Waals surface area contributed by atoms with Crippen molar-refractivity contribution in [1.82, 2.24) is 15.1 Å². The Morgan fingerprint density at radius 2 is 1.47 bits per heavy atom. The molecule has 5 rings (SSSR count). The normalized spacial score (nSPS) is 20.5. The fraction of sp³-hybridized carbons (Fsp3) is 0.310. The largest absolute Gasteiger partial charge is 0.492 e. The van der Waals surface area contributed by atoms with Gasteiger partial charge < -0.3 is 15.0 Å². The average Bonchev–Trinajstić information content (AvgIpc) is 3.15. The summed E-state index contributed by atoms with van der Waals surface area (Å²) in [5.74, 6) is 0.683. The number of amides is 3. The maximum absolute atomic E-state index is 13.9. The van der Waals surface area contributed by atoms with Gasteiger partial charge in [-0.15, -0.1) is 0 Å². The first-order valence-electron chi connectivity index (χ1n) is 12.5. The van der Waals surface area contributed by atoms with Gasteiger partial charge in [0.05, 0.1) is 19.0 Å². The molecule has 2 aliphatic heterocycles. The number of ether oxygens (including phenoxy) is 1. The van der Waals surface area contributed by atoms with Gasteiger partial charge in [-0.3, -0.25) is 9.69 Å². The topological polar surface area (TPSA) is 65.1 Å². The quantitative estimate of drug-likeness (QED) is 0.492. The highest BCUT2D eigenvalue weighted by atomic mass is 16.5. The monoisotopic (exact) mass is 484 g/mol. The minimum Gasteiger partial charge on any atom is -0.492 e. The number of carbonyl (C=O) groups is 2. The highest BCUT2D eigenvalue weighted by Gasteiger charge is 2.52. The molecule has 7 heteroatoms. The fourth-order valence-corrected chi connectivity index (χ4v) is 5.12. The van der Waals surface area contributed by atoms with Crippen molar-refractivity contribution in [1.29, 1.82) is 0 Å². The van der Waals surface area contributed by atoms with Crippen molar-refractivity contribution in [3.05, 3.63) is 96.1 Å². The molecule has 0 aliphatic carbocycles. The number of nitrogens with one attached hydrogen (secondary N) is 1. The third-order valence-electron chi connectivity index (χ3n) is 6.97. The van der Waals surface area contributed by atoms with Crippen LogP contribution < -0.4 is 15.0 Å². The van der Waals surface area contributed by atoms with Crippen molar-refractivity contribution >= 4 is 17.6 Å². The van der Waals surface area contributed by atoms with Crippen molar-refractivity contribution in [3.8, 4) is 5.75 Å². The predicted octanol–water partition coefficient (Wildman–Crippen LogP) is 3.85. The van der Waals surface area contributed by atoms with Crippen LogP contribution in [0.1, 0.15) is 18.1 Å². The van der Waals surface area contributed by atoms with E-state index in [9.17, 15) is 9.59 Å². The zero-order valence-corrected chi connectivity index (χ0v) is 20.6. The van der Waals surface area contributed by atoms with Crippen molar-refractivity contribution < 1.29 is 14.3 Å². The summed E-state index contributed by atoms with van der Waals surface area (Å²) in [4.78, 5) is 32.9. The zero-order chi connectivity index (χ0) is 25.0. The molecule has 3 amide bonds. The molecule has 1 N–H and O–H groups in total. The number of nitrogens with zero attached hydrogens (tertiary/aromatic N) is 3. The predicted molar refractivity (Wildman–Crippen MR) is 140 cm³/mol. The first kappa shape index (κ1) is 23.9. The highest BCUT2D eigenvalue weighted by Crippen LogP contribution is 2.34. The van der Waals surface area contributed by atoms with E-state index < -0.39 is 5.54 Å². The number of anilines is 1. The molecule has 7 nitrogen and oxygen atoms in total. The molecular formula is C29H32N4O3. The van der Waals surface area contributed by atoms with E-state index in [1.54, 1.807) is 0 Å². The van der Waals surface area contributed by atoms with Gasteiger partial charge in [0.1, 0.15) is 5.75 Å². The van der Waals surface area contributed by atoms with Crippen molar-refractivity contribution in [2.75, 3.05) is 44.4 Å². The summed E-state index contributed by atoms with van der Waals surface area (Å²) < 4.78 is 5.81. The number of urea groups is 1. The fourth-order valence-electron chi connectivity index (χ4n) is 5.12. The minimum absolute atomic E-state index is 0.202. The molecule has 0 aromatic heterocycles. The third kappa shape index (κ3) is 4.66. The molecule has 186 valence electrons. The van der Waals surface area contributed by atoms with Crippen LogP contribution in [0.15, 0.2) is 84.9 Å². The van der Waals surface area contributed by atoms with Crippen molar-refractivity contribution in [2.24, 2.45) is 0 Å². The molecule has 0 saturated carbocycles. The van der Waals surface area contributed by atoms with Gasteiger partial charge >= 0.3 is 6.03 Å². The van der Waals surface area contributed by atoms with Gasteiger partial charge in [-0.1, -0.05) is 72.8 Å². The van der Waals surface area contributed by atoms with Gasteiger partial charge in [0.2, 0.25) is 0 Å². The van der Waals surface area contributed by atoms with Crippen LogP contribution in [0.4, 0.5) is 10.5 Å². The van der Waals surface area contributed by atoms with Crippen LogP contribution in [0, 0.1) is 0 Å². The average molecular weight is 485 g/mol. The summed E-state index contributed by atoms with van der Waals surface area (Å²) in [6, 6.07) is 27.1. The first-order valence-corrected chi connectivity index (χ1v) is 12.5. The molecule has 3 aromatic carbocycles. The molecule has 2 heterocycles. The molecule has 0 unspecified atom stereocenters. The number of piperazine rings is 1. The lowest BCUT2D eigenvalue weighted by molar-refractivity contribution is -0.133. The van der Waals surface area contributed by atoms with Crippen LogP contribution in [0.3, 0.4) is 0 Å². The maximum Gasteiger partial charge on any atom is 0.326 e. The van der Waals surface area contributed by atoms with E-state index >= 15 is 0 Å². The van der Waals surface area contributed by atoms with E-state index in [2.05, 4.69) is 21.2 Å². The number of imide groups is 1. The van der Waals surface area contributed by atoms with Crippen LogP contribution in [-0.2, 0) is 16.8 Å². The molecule has 0 radical (unpaired) electrons. The van der Waals surface area contributed by atoms with Crippen molar-refractivity contribution in [2.45, 2.75) is 18.9 Å². The Morgan fingerprint density at radius 3 is 2.17 bits per heavy atom. The number of rotatable bonds is 8. The Labute approximate surface area is 212 Å². The number of hydrogen-bond acceptors (Lipinski definition) is 5. The smallest absolute Gasteiger partial charge is 0.326 e. The van der Waals surface area contributed by atoms with Gasteiger partial charge in [-0.2, -0.15) is 0 Å². The summed E-state index contributed by atoms with van der Waals surface area (Å²) in [6.45, 7) is 5.95. The van der Waals surface area contributed by atoms with E-state index in [4.69, 9.17) is 4.74 Å². The van der Waals surface area contributed by atoms with E-state index in [0.29, 0.717) is 13.0 Å². The summed E-state index contributed by atoms with van der Waals surface area (Å²) in [5, 5.41) is 3.06. The second-order valence-electron chi connectivity index (χ2n) is 9.24. The molecular weight excluding hydrogens is 452 g/mol. The Morgan fingerprint density at radius 1 is 0.833 bits per heavy atom. The summed E-state index contributed by atoms with van der Waals surface area (Å²) in [5.41, 5.74) is 1.77. The Kier molecular flexibility index (Phi) is 6.91. The van der Waals surface area contributed by atoms with Crippen molar-refractivity contribution in [3.63, 3.8) is 0 Å². The zero-order valence-electron chi connectivity index (χ0n) is 20.6. The number of carbonyl (C=O) groups excluding carboxylic acids is 2. The van der Waals surface area contributed by atoms with Crippen LogP contribution >= 0.6 is 0 Å². The van der Waals surface area contributed by atoms with Crippen LogP contribution in [0.25, 0.3) is 0 Å². The lowest BCUT2D eigenvalue weighted by Gasteiger charge is -2.37. The molecule has 36 heavy (non-hydrogen) atoms. The number of para-hydroxylation sites is 2. The van der Waals surface area contributed by atoms with Crippen LogP contribution in [0.5, 0.6) is 5.75 Å². The van der Waals surface area contributed by atoms with E-state index in [0.717, 1.165) is 48.7 Å². The number of hydrogen-bond donors (Lipinski definition) is 1. The SMILES string of the molecule is CCOc1ccccc1N1CCN(CN2C(=O)N[C@](Cc3ccccc3)(c3ccccc3)C2=O)CC1. The van der Waals surface area contributed by atoms with Crippen LogP contribution in [-0.4, -0.2) is 61.2 Å². The molecule has 1 atom stereocenters. The highest BCUT2D eigenvalue weighted by molar-refractivity contribution is 6.07. The van der Waals surface area contributed by atoms with Gasteiger partial charge in [0.25, 0.3) is 5.91 Å². The van der Waals surface area contributed by atoms with E-state index in [1.807, 2.05) is 85.8 Å². The minimum atomic E-state index is -1.11. The summed E-state index contributed by atoms with van der Waals surface area (Å²) in [6.07, 6.45) is 0.404. The Hall–Kier alpha value is -3.84. The molecule has 2 saturated heterocycles. The van der Waals surface area contributed by atoms with Gasteiger partial charge in [0, 0.05) is 32.6 Å². The lowest BCUT2D eigenvalue weighted by atomic mass is 9.83. The lowest BCUT2D eigenvalue weighted by Crippen LogP contribution is -2.52.